The van der Waals surface area contributed by atoms with E-state index in [0.717, 1.165) is 16.7 Å². The molecule has 0 N–H and O–H groups in total. The highest BCUT2D eigenvalue weighted by atomic mass is 32.2. The Balaban J connectivity index is 1.90. The second kappa shape index (κ2) is 6.78. The van der Waals surface area contributed by atoms with Gasteiger partial charge in [-0.2, -0.15) is 0 Å². The van der Waals surface area contributed by atoms with Crippen LogP contribution >= 0.6 is 11.8 Å². The third kappa shape index (κ3) is 3.73. The van der Waals surface area contributed by atoms with Crippen molar-refractivity contribution in [2.75, 3.05) is 12.9 Å². The fraction of sp³-hybridized carbons (Fsp3) is 0.571. The lowest BCUT2D eigenvalue weighted by Crippen LogP contribution is -2.09. The summed E-state index contributed by atoms with van der Waals surface area (Å²) >= 11 is 1.75. The number of carbonyl (C=O) groups is 1. The molecule has 0 bridgehead atoms. The minimum atomic E-state index is -0.366. The van der Waals surface area contributed by atoms with Crippen LogP contribution in [0.2, 0.25) is 0 Å². The maximum atomic E-state index is 11.4. The lowest BCUT2D eigenvalue weighted by Gasteiger charge is -2.20. The van der Waals surface area contributed by atoms with E-state index in [4.69, 9.17) is 0 Å². The Morgan fingerprint density at radius 2 is 2.17 bits per heavy atom. The molecular weight excluding hydrogens is 246 g/mol. The van der Waals surface area contributed by atoms with E-state index in [1.807, 2.05) is 12.1 Å². The molecule has 2 rings (SSSR count). The van der Waals surface area contributed by atoms with Crippen LogP contribution in [0.3, 0.4) is 0 Å². The fourth-order valence-electron chi connectivity index (χ4n) is 2.27. The third-order valence-corrected chi connectivity index (χ3v) is 4.47. The SMILES string of the molecule is COC(=O)c1cccc(SCC2CCCCC2)n1. The summed E-state index contributed by atoms with van der Waals surface area (Å²) in [6.45, 7) is 0. The van der Waals surface area contributed by atoms with Gasteiger partial charge in [-0.1, -0.05) is 25.3 Å². The van der Waals surface area contributed by atoms with Crippen LogP contribution in [0.1, 0.15) is 42.6 Å². The van der Waals surface area contributed by atoms with Gasteiger partial charge in [-0.15, -0.1) is 11.8 Å². The molecule has 1 saturated carbocycles. The van der Waals surface area contributed by atoms with Gasteiger partial charge in [-0.25, -0.2) is 9.78 Å². The van der Waals surface area contributed by atoms with Crippen LogP contribution in [0.15, 0.2) is 23.2 Å². The van der Waals surface area contributed by atoms with Gasteiger partial charge in [0, 0.05) is 5.75 Å². The predicted molar refractivity (Wildman–Crippen MR) is 72.9 cm³/mol. The standard InChI is InChI=1S/C14H19NO2S/c1-17-14(16)12-8-5-9-13(15-12)18-10-11-6-3-2-4-7-11/h5,8-9,11H,2-4,6-7,10H2,1H3. The minimum Gasteiger partial charge on any atom is -0.464 e. The van der Waals surface area contributed by atoms with Crippen molar-refractivity contribution in [1.29, 1.82) is 0 Å². The van der Waals surface area contributed by atoms with Crippen LogP contribution in [-0.2, 0) is 4.74 Å². The molecule has 0 atom stereocenters. The molecule has 1 heterocycles. The first-order valence-corrected chi connectivity index (χ1v) is 7.46. The van der Waals surface area contributed by atoms with Gasteiger partial charge in [0.15, 0.2) is 0 Å². The van der Waals surface area contributed by atoms with Crippen LogP contribution in [0.4, 0.5) is 0 Å². The third-order valence-electron chi connectivity index (χ3n) is 3.31. The monoisotopic (exact) mass is 265 g/mol. The van der Waals surface area contributed by atoms with E-state index in [0.29, 0.717) is 5.69 Å². The maximum absolute atomic E-state index is 11.4. The molecule has 0 aliphatic heterocycles. The number of thioether (sulfide) groups is 1. The van der Waals surface area contributed by atoms with Gasteiger partial charge in [0.1, 0.15) is 5.69 Å². The van der Waals surface area contributed by atoms with E-state index in [1.165, 1.54) is 39.2 Å². The molecule has 0 aromatic carbocycles. The Kier molecular flexibility index (Phi) is 5.05. The lowest BCUT2D eigenvalue weighted by atomic mass is 9.91. The molecular formula is C14H19NO2S. The van der Waals surface area contributed by atoms with Crippen LogP contribution in [-0.4, -0.2) is 23.8 Å². The minimum absolute atomic E-state index is 0.366. The van der Waals surface area contributed by atoms with Gasteiger partial charge in [0.25, 0.3) is 0 Å². The van der Waals surface area contributed by atoms with Gasteiger partial charge in [-0.3, -0.25) is 0 Å². The van der Waals surface area contributed by atoms with Crippen molar-refractivity contribution in [3.8, 4) is 0 Å². The normalized spacial score (nSPS) is 16.5. The van der Waals surface area contributed by atoms with Crippen LogP contribution in [0.25, 0.3) is 0 Å². The van der Waals surface area contributed by atoms with E-state index in [-0.39, 0.29) is 5.97 Å². The van der Waals surface area contributed by atoms with E-state index < -0.39 is 0 Å². The zero-order chi connectivity index (χ0) is 12.8. The molecule has 0 radical (unpaired) electrons. The molecule has 1 aliphatic carbocycles. The highest BCUT2D eigenvalue weighted by Crippen LogP contribution is 2.29. The van der Waals surface area contributed by atoms with Gasteiger partial charge < -0.3 is 4.74 Å². The van der Waals surface area contributed by atoms with Crippen molar-refractivity contribution in [3.63, 3.8) is 0 Å². The lowest BCUT2D eigenvalue weighted by molar-refractivity contribution is 0.0593. The van der Waals surface area contributed by atoms with Crippen molar-refractivity contribution in [2.24, 2.45) is 5.92 Å². The summed E-state index contributed by atoms with van der Waals surface area (Å²) in [6, 6.07) is 5.51. The van der Waals surface area contributed by atoms with Crippen molar-refractivity contribution >= 4 is 17.7 Å². The highest BCUT2D eigenvalue weighted by Gasteiger charge is 2.14. The number of pyridine rings is 1. The molecule has 0 spiro atoms. The van der Waals surface area contributed by atoms with Gasteiger partial charge >= 0.3 is 5.97 Å². The zero-order valence-electron chi connectivity index (χ0n) is 10.7. The average Bonchev–Trinajstić information content (AvgIpc) is 2.45. The van der Waals surface area contributed by atoms with Crippen molar-refractivity contribution in [3.05, 3.63) is 23.9 Å². The molecule has 1 fully saturated rings. The second-order valence-electron chi connectivity index (χ2n) is 4.67. The molecule has 4 heteroatoms. The number of methoxy groups -OCH3 is 1. The number of nitrogens with zero attached hydrogens (tertiary/aromatic N) is 1. The molecule has 0 saturated heterocycles. The Bertz CT molecular complexity index is 403. The van der Waals surface area contributed by atoms with Crippen LogP contribution in [0, 0.1) is 5.92 Å². The molecule has 3 nitrogen and oxygen atoms in total. The summed E-state index contributed by atoms with van der Waals surface area (Å²) in [5, 5.41) is 0.920. The van der Waals surface area contributed by atoms with E-state index in [9.17, 15) is 4.79 Å². The number of ether oxygens (including phenoxy) is 1. The molecule has 1 aromatic rings. The first-order valence-electron chi connectivity index (χ1n) is 6.48. The summed E-state index contributed by atoms with van der Waals surface area (Å²) in [5.74, 6) is 1.56. The Labute approximate surface area is 112 Å². The maximum Gasteiger partial charge on any atom is 0.356 e. The van der Waals surface area contributed by atoms with Gasteiger partial charge in [0.05, 0.1) is 12.1 Å². The smallest absolute Gasteiger partial charge is 0.356 e. The van der Waals surface area contributed by atoms with Crippen LogP contribution < -0.4 is 0 Å². The first kappa shape index (κ1) is 13.4. The van der Waals surface area contributed by atoms with Gasteiger partial charge in [0.2, 0.25) is 0 Å². The quantitative estimate of drug-likeness (QED) is 0.616. The molecule has 1 aliphatic rings. The number of hydrogen-bond donors (Lipinski definition) is 0. The Morgan fingerprint density at radius 3 is 2.89 bits per heavy atom. The van der Waals surface area contributed by atoms with Crippen molar-refractivity contribution < 1.29 is 9.53 Å². The Morgan fingerprint density at radius 1 is 1.39 bits per heavy atom. The molecule has 1 aromatic heterocycles. The summed E-state index contributed by atoms with van der Waals surface area (Å²) in [4.78, 5) is 15.7. The summed E-state index contributed by atoms with van der Waals surface area (Å²) in [6.07, 6.45) is 6.78. The Hall–Kier alpha value is -1.03. The number of hydrogen-bond acceptors (Lipinski definition) is 4. The van der Waals surface area contributed by atoms with Gasteiger partial charge in [-0.05, 0) is 30.9 Å². The van der Waals surface area contributed by atoms with E-state index >= 15 is 0 Å². The molecule has 98 valence electrons. The number of esters is 1. The molecule has 18 heavy (non-hydrogen) atoms. The molecule has 0 amide bonds. The summed E-state index contributed by atoms with van der Waals surface area (Å²) in [7, 11) is 1.38. The second-order valence-corrected chi connectivity index (χ2v) is 5.71. The number of carbonyl (C=O) groups excluding carboxylic acids is 1. The largest absolute Gasteiger partial charge is 0.464 e. The zero-order valence-corrected chi connectivity index (χ0v) is 11.5. The van der Waals surface area contributed by atoms with E-state index in [1.54, 1.807) is 17.8 Å². The highest BCUT2D eigenvalue weighted by molar-refractivity contribution is 7.99. The summed E-state index contributed by atoms with van der Waals surface area (Å²) < 4.78 is 4.68. The van der Waals surface area contributed by atoms with Crippen molar-refractivity contribution in [1.82, 2.24) is 4.98 Å². The van der Waals surface area contributed by atoms with E-state index in [2.05, 4.69) is 9.72 Å². The first-order chi connectivity index (χ1) is 8.79. The summed E-state index contributed by atoms with van der Waals surface area (Å²) in [5.41, 5.74) is 0.395. The number of aromatic nitrogens is 1. The van der Waals surface area contributed by atoms with Crippen molar-refractivity contribution in [2.45, 2.75) is 37.1 Å². The predicted octanol–water partition coefficient (Wildman–Crippen LogP) is 3.54. The fourth-order valence-corrected chi connectivity index (χ4v) is 3.35. The van der Waals surface area contributed by atoms with Crippen LogP contribution in [0.5, 0.6) is 0 Å². The number of rotatable bonds is 4. The average molecular weight is 265 g/mol. The molecule has 0 unspecified atom stereocenters. The topological polar surface area (TPSA) is 39.2 Å².